The number of halogens is 3. The van der Waals surface area contributed by atoms with Crippen molar-refractivity contribution < 1.29 is 9.72 Å². The Bertz CT molecular complexity index is 652. The van der Waals surface area contributed by atoms with E-state index in [2.05, 4.69) is 17.6 Å². The summed E-state index contributed by atoms with van der Waals surface area (Å²) < 4.78 is -1.78. The number of non-ortho nitro benzene ring substituents is 1. The van der Waals surface area contributed by atoms with Crippen LogP contribution in [0.15, 0.2) is 24.3 Å². The number of benzene rings is 1. The van der Waals surface area contributed by atoms with E-state index in [0.717, 1.165) is 19.3 Å². The molecule has 1 atom stereocenters. The molecule has 0 heterocycles. The molecule has 0 saturated heterocycles. The second-order valence-corrected chi connectivity index (χ2v) is 10.1. The van der Waals surface area contributed by atoms with Gasteiger partial charge in [-0.25, -0.2) is 0 Å². The lowest BCUT2D eigenvalue weighted by molar-refractivity contribution is -0.384. The molecule has 0 bridgehead atoms. The zero-order valence-corrected chi connectivity index (χ0v) is 20.4. The standard InChI is InChI=1S/C22H34Cl3N3O3/c1-2-3-4-5-6-7-8-9-10-11-12-13-20(29)27-21(22(23,24)25)26-18-14-16-19(17-15-18)28(30)31/h14-17,21,26H,2-13H2,1H3,(H,27,29)/t21-/m1/s1. The zero-order valence-electron chi connectivity index (χ0n) is 18.2. The number of hydrogen-bond donors (Lipinski definition) is 2. The third-order valence-corrected chi connectivity index (χ3v) is 5.68. The minimum Gasteiger partial charge on any atom is -0.362 e. The maximum Gasteiger partial charge on any atom is 0.269 e. The summed E-state index contributed by atoms with van der Waals surface area (Å²) in [7, 11) is 0. The molecule has 0 radical (unpaired) electrons. The molecule has 0 spiro atoms. The van der Waals surface area contributed by atoms with E-state index in [1.807, 2.05) is 0 Å². The van der Waals surface area contributed by atoms with Gasteiger partial charge in [-0.1, -0.05) is 106 Å². The smallest absolute Gasteiger partial charge is 0.269 e. The van der Waals surface area contributed by atoms with Crippen molar-refractivity contribution in [3.8, 4) is 0 Å². The van der Waals surface area contributed by atoms with Crippen LogP contribution in [0.2, 0.25) is 0 Å². The van der Waals surface area contributed by atoms with Crippen LogP contribution in [0.25, 0.3) is 0 Å². The van der Waals surface area contributed by atoms with Crippen LogP contribution in [0.5, 0.6) is 0 Å². The van der Waals surface area contributed by atoms with Gasteiger partial charge in [0.2, 0.25) is 9.70 Å². The van der Waals surface area contributed by atoms with E-state index >= 15 is 0 Å². The second-order valence-electron chi connectivity index (χ2n) is 7.78. The number of anilines is 1. The van der Waals surface area contributed by atoms with Crippen LogP contribution in [0.4, 0.5) is 11.4 Å². The lowest BCUT2D eigenvalue weighted by atomic mass is 10.1. The Balaban J connectivity index is 2.27. The van der Waals surface area contributed by atoms with Gasteiger partial charge in [0.15, 0.2) is 0 Å². The Labute approximate surface area is 200 Å². The normalized spacial score (nSPS) is 12.4. The lowest BCUT2D eigenvalue weighted by Crippen LogP contribution is -2.49. The van der Waals surface area contributed by atoms with Gasteiger partial charge in [0, 0.05) is 24.2 Å². The summed E-state index contributed by atoms with van der Waals surface area (Å²) in [5.74, 6) is -0.207. The van der Waals surface area contributed by atoms with E-state index in [-0.39, 0.29) is 11.6 Å². The van der Waals surface area contributed by atoms with E-state index in [1.54, 1.807) is 0 Å². The number of carbonyl (C=O) groups is 1. The molecule has 1 aromatic rings. The van der Waals surface area contributed by atoms with E-state index in [0.29, 0.717) is 12.1 Å². The minimum atomic E-state index is -1.78. The number of hydrogen-bond acceptors (Lipinski definition) is 4. The van der Waals surface area contributed by atoms with Crippen molar-refractivity contribution in [2.45, 2.75) is 93.9 Å². The number of nitrogens with zero attached hydrogens (tertiary/aromatic N) is 1. The van der Waals surface area contributed by atoms with Crippen molar-refractivity contribution in [1.29, 1.82) is 0 Å². The van der Waals surface area contributed by atoms with Gasteiger partial charge < -0.3 is 10.6 Å². The molecule has 1 rings (SSSR count). The Morgan fingerprint density at radius 1 is 0.935 bits per heavy atom. The lowest BCUT2D eigenvalue weighted by Gasteiger charge is -2.27. The van der Waals surface area contributed by atoms with Gasteiger partial charge in [-0.05, 0) is 18.6 Å². The monoisotopic (exact) mass is 493 g/mol. The van der Waals surface area contributed by atoms with Crippen molar-refractivity contribution in [1.82, 2.24) is 5.32 Å². The molecule has 0 aromatic heterocycles. The van der Waals surface area contributed by atoms with Crippen molar-refractivity contribution in [2.75, 3.05) is 5.32 Å². The highest BCUT2D eigenvalue weighted by Crippen LogP contribution is 2.31. The number of unbranched alkanes of at least 4 members (excludes halogenated alkanes) is 10. The number of alkyl halides is 3. The van der Waals surface area contributed by atoms with Crippen LogP contribution >= 0.6 is 34.8 Å². The van der Waals surface area contributed by atoms with E-state index in [4.69, 9.17) is 34.8 Å². The van der Waals surface area contributed by atoms with Gasteiger partial charge in [-0.15, -0.1) is 0 Å². The first kappa shape index (κ1) is 27.8. The molecule has 0 aliphatic rings. The first-order chi connectivity index (χ1) is 14.7. The minimum absolute atomic E-state index is 0.0449. The SMILES string of the molecule is CCCCCCCCCCCCCC(=O)N[C@@H](Nc1ccc([N+](=O)[O-])cc1)C(Cl)(Cl)Cl. The summed E-state index contributed by atoms with van der Waals surface area (Å²) in [5, 5.41) is 16.4. The molecule has 0 fully saturated rings. The highest BCUT2D eigenvalue weighted by atomic mass is 35.6. The zero-order chi connectivity index (χ0) is 23.1. The number of nitro groups is 1. The molecule has 0 unspecified atom stereocenters. The van der Waals surface area contributed by atoms with E-state index in [1.165, 1.54) is 75.6 Å². The molecule has 0 saturated carbocycles. The fraction of sp³-hybridized carbons (Fsp3) is 0.682. The number of amides is 1. The summed E-state index contributed by atoms with van der Waals surface area (Å²) in [5.41, 5.74) is 0.452. The Morgan fingerprint density at radius 3 is 1.87 bits per heavy atom. The van der Waals surface area contributed by atoms with Crippen molar-refractivity contribution >= 4 is 52.1 Å². The number of carbonyl (C=O) groups excluding carboxylic acids is 1. The summed E-state index contributed by atoms with van der Waals surface area (Å²) in [6.45, 7) is 2.23. The van der Waals surface area contributed by atoms with Crippen LogP contribution in [0.1, 0.15) is 84.0 Å². The highest BCUT2D eigenvalue weighted by molar-refractivity contribution is 6.68. The van der Waals surface area contributed by atoms with Crippen molar-refractivity contribution in [3.63, 3.8) is 0 Å². The van der Waals surface area contributed by atoms with E-state index < -0.39 is 14.9 Å². The van der Waals surface area contributed by atoms with Crippen LogP contribution in [0.3, 0.4) is 0 Å². The number of nitrogens with one attached hydrogen (secondary N) is 2. The Kier molecular flexibility index (Phi) is 13.9. The van der Waals surface area contributed by atoms with Gasteiger partial charge in [-0.2, -0.15) is 0 Å². The quantitative estimate of drug-likeness (QED) is 0.0818. The van der Waals surface area contributed by atoms with Gasteiger partial charge >= 0.3 is 0 Å². The largest absolute Gasteiger partial charge is 0.362 e. The average Bonchev–Trinajstić information content (AvgIpc) is 2.71. The third kappa shape index (κ3) is 13.0. The fourth-order valence-corrected chi connectivity index (χ4v) is 3.56. The fourth-order valence-electron chi connectivity index (χ4n) is 3.23. The Morgan fingerprint density at radius 2 is 1.42 bits per heavy atom. The summed E-state index contributed by atoms with van der Waals surface area (Å²) in [6, 6.07) is 5.67. The molecule has 176 valence electrons. The topological polar surface area (TPSA) is 84.3 Å². The maximum absolute atomic E-state index is 12.3. The molecular formula is C22H34Cl3N3O3. The predicted molar refractivity (Wildman–Crippen MR) is 130 cm³/mol. The third-order valence-electron chi connectivity index (χ3n) is 5.03. The van der Waals surface area contributed by atoms with Crippen molar-refractivity contribution in [2.24, 2.45) is 0 Å². The molecule has 0 aliphatic carbocycles. The van der Waals surface area contributed by atoms with Crippen LogP contribution in [-0.4, -0.2) is 20.8 Å². The Hall–Kier alpha value is -1.24. The predicted octanol–water partition coefficient (Wildman–Crippen LogP) is 7.52. The molecule has 1 amide bonds. The second kappa shape index (κ2) is 15.5. The first-order valence-corrected chi connectivity index (χ1v) is 12.2. The van der Waals surface area contributed by atoms with Gasteiger partial charge in [0.25, 0.3) is 5.69 Å². The molecular weight excluding hydrogens is 461 g/mol. The maximum atomic E-state index is 12.3. The first-order valence-electron chi connectivity index (χ1n) is 11.1. The summed E-state index contributed by atoms with van der Waals surface area (Å²) >= 11 is 18.0. The van der Waals surface area contributed by atoms with Gasteiger partial charge in [0.1, 0.15) is 6.17 Å². The van der Waals surface area contributed by atoms with Gasteiger partial charge in [-0.3, -0.25) is 14.9 Å². The molecule has 0 aliphatic heterocycles. The number of rotatable bonds is 16. The van der Waals surface area contributed by atoms with Crippen LogP contribution in [0, 0.1) is 10.1 Å². The van der Waals surface area contributed by atoms with Gasteiger partial charge in [0.05, 0.1) is 4.92 Å². The van der Waals surface area contributed by atoms with Crippen LogP contribution in [-0.2, 0) is 4.79 Å². The summed E-state index contributed by atoms with van der Waals surface area (Å²) in [4.78, 5) is 22.5. The summed E-state index contributed by atoms with van der Waals surface area (Å²) in [6.07, 6.45) is 12.7. The van der Waals surface area contributed by atoms with Crippen molar-refractivity contribution in [3.05, 3.63) is 34.4 Å². The molecule has 2 N–H and O–H groups in total. The van der Waals surface area contributed by atoms with Crippen LogP contribution < -0.4 is 10.6 Å². The number of nitro benzene ring substituents is 1. The highest BCUT2D eigenvalue weighted by Gasteiger charge is 2.34. The van der Waals surface area contributed by atoms with E-state index in [9.17, 15) is 14.9 Å². The average molecular weight is 495 g/mol. The molecule has 6 nitrogen and oxygen atoms in total. The molecule has 31 heavy (non-hydrogen) atoms. The molecule has 1 aromatic carbocycles. The molecule has 9 heteroatoms.